The van der Waals surface area contributed by atoms with Gasteiger partial charge in [-0.05, 0) is 18.3 Å². The van der Waals surface area contributed by atoms with Crippen molar-refractivity contribution < 1.29 is 14.6 Å². The Morgan fingerprint density at radius 3 is 2.89 bits per heavy atom. The number of aromatic carboxylic acids is 1. The highest BCUT2D eigenvalue weighted by atomic mass is 32.1. The largest absolute Gasteiger partial charge is 0.477 e. The molecule has 19 heavy (non-hydrogen) atoms. The molecule has 6 heteroatoms. The molecule has 1 unspecified atom stereocenters. The van der Waals surface area contributed by atoms with Crippen LogP contribution in [0.3, 0.4) is 0 Å². The van der Waals surface area contributed by atoms with Crippen molar-refractivity contribution in [2.24, 2.45) is 11.8 Å². The van der Waals surface area contributed by atoms with E-state index in [0.717, 1.165) is 24.6 Å². The van der Waals surface area contributed by atoms with Crippen molar-refractivity contribution in [2.75, 3.05) is 25.1 Å². The molecule has 1 atom stereocenters. The van der Waals surface area contributed by atoms with E-state index in [4.69, 9.17) is 4.74 Å². The molecule has 0 radical (unpaired) electrons. The van der Waals surface area contributed by atoms with Crippen LogP contribution in [0.2, 0.25) is 0 Å². The van der Waals surface area contributed by atoms with E-state index in [2.05, 4.69) is 23.7 Å². The van der Waals surface area contributed by atoms with Gasteiger partial charge in [-0.15, -0.1) is 0 Å². The van der Waals surface area contributed by atoms with E-state index in [1.165, 1.54) is 11.3 Å². The predicted octanol–water partition coefficient (Wildman–Crippen LogP) is 2.47. The number of ether oxygens (including phenoxy) is 1. The van der Waals surface area contributed by atoms with Crippen LogP contribution >= 0.6 is 11.3 Å². The minimum atomic E-state index is -0.921. The standard InChI is InChI=1S/C13H20N2O3S/c1-8(2)9-4-5-15(6-9)13-14-10(7-18-3)11(19-13)12(16)17/h8-9H,4-7H2,1-3H3,(H,16,17). The Hall–Kier alpha value is -1.14. The smallest absolute Gasteiger partial charge is 0.347 e. The lowest BCUT2D eigenvalue weighted by Crippen LogP contribution is -2.21. The summed E-state index contributed by atoms with van der Waals surface area (Å²) in [6.07, 6.45) is 1.15. The Morgan fingerprint density at radius 1 is 1.63 bits per heavy atom. The highest BCUT2D eigenvalue weighted by molar-refractivity contribution is 7.17. The van der Waals surface area contributed by atoms with Crippen LogP contribution in [0.4, 0.5) is 5.13 Å². The molecule has 5 nitrogen and oxygen atoms in total. The molecule has 0 aromatic carbocycles. The number of aromatic nitrogens is 1. The molecule has 1 aromatic heterocycles. The van der Waals surface area contributed by atoms with Crippen molar-refractivity contribution in [1.29, 1.82) is 0 Å². The van der Waals surface area contributed by atoms with Crippen LogP contribution in [0.1, 0.15) is 35.6 Å². The van der Waals surface area contributed by atoms with Crippen LogP contribution in [0.5, 0.6) is 0 Å². The molecule has 1 aromatic rings. The van der Waals surface area contributed by atoms with E-state index >= 15 is 0 Å². The van der Waals surface area contributed by atoms with E-state index in [-0.39, 0.29) is 6.61 Å². The number of thiazole rings is 1. The van der Waals surface area contributed by atoms with Crippen LogP contribution in [-0.4, -0.2) is 36.3 Å². The van der Waals surface area contributed by atoms with Crippen molar-refractivity contribution in [2.45, 2.75) is 26.9 Å². The van der Waals surface area contributed by atoms with Crippen molar-refractivity contribution in [3.63, 3.8) is 0 Å². The quantitative estimate of drug-likeness (QED) is 0.900. The van der Waals surface area contributed by atoms with Gasteiger partial charge in [0, 0.05) is 20.2 Å². The average Bonchev–Trinajstić information content (AvgIpc) is 2.94. The van der Waals surface area contributed by atoms with Crippen LogP contribution in [0.15, 0.2) is 0 Å². The summed E-state index contributed by atoms with van der Waals surface area (Å²) in [5.74, 6) is 0.404. The maximum absolute atomic E-state index is 11.2. The number of carbonyl (C=O) groups is 1. The second kappa shape index (κ2) is 5.88. The third-order valence-electron chi connectivity index (χ3n) is 3.60. The molecule has 1 N–H and O–H groups in total. The molecule has 2 heterocycles. The zero-order valence-corrected chi connectivity index (χ0v) is 12.4. The van der Waals surface area contributed by atoms with Gasteiger partial charge in [-0.1, -0.05) is 25.2 Å². The van der Waals surface area contributed by atoms with Gasteiger partial charge < -0.3 is 14.7 Å². The molecule has 106 valence electrons. The van der Waals surface area contributed by atoms with Gasteiger partial charge in [0.15, 0.2) is 5.13 Å². The number of rotatable bonds is 5. The molecule has 0 spiro atoms. The van der Waals surface area contributed by atoms with Crippen molar-refractivity contribution >= 4 is 22.4 Å². The summed E-state index contributed by atoms with van der Waals surface area (Å²) in [6.45, 7) is 6.64. The summed E-state index contributed by atoms with van der Waals surface area (Å²) in [5.41, 5.74) is 0.531. The second-order valence-corrected chi connectivity index (χ2v) is 6.23. The first kappa shape index (κ1) is 14.3. The molecule has 1 saturated heterocycles. The van der Waals surface area contributed by atoms with E-state index in [9.17, 15) is 9.90 Å². The highest BCUT2D eigenvalue weighted by Gasteiger charge is 2.28. The zero-order chi connectivity index (χ0) is 14.0. The Labute approximate surface area is 117 Å². The highest BCUT2D eigenvalue weighted by Crippen LogP contribution is 2.33. The Morgan fingerprint density at radius 2 is 2.37 bits per heavy atom. The van der Waals surface area contributed by atoms with E-state index in [1.54, 1.807) is 7.11 Å². The molecular formula is C13H20N2O3S. The first-order valence-corrected chi connectivity index (χ1v) is 7.31. The van der Waals surface area contributed by atoms with Crippen molar-refractivity contribution in [1.82, 2.24) is 4.98 Å². The van der Waals surface area contributed by atoms with Crippen molar-refractivity contribution in [3.8, 4) is 0 Å². The van der Waals surface area contributed by atoms with Crippen LogP contribution in [-0.2, 0) is 11.3 Å². The summed E-state index contributed by atoms with van der Waals surface area (Å²) in [7, 11) is 1.55. The minimum absolute atomic E-state index is 0.250. The molecule has 1 fully saturated rings. The first-order chi connectivity index (χ1) is 9.02. The van der Waals surface area contributed by atoms with E-state index in [0.29, 0.717) is 22.4 Å². The van der Waals surface area contributed by atoms with Gasteiger partial charge >= 0.3 is 5.97 Å². The number of anilines is 1. The van der Waals surface area contributed by atoms with Gasteiger partial charge in [-0.25, -0.2) is 9.78 Å². The maximum Gasteiger partial charge on any atom is 0.347 e. The minimum Gasteiger partial charge on any atom is -0.477 e. The number of carboxylic acids is 1. The number of carboxylic acid groups (broad SMARTS) is 1. The zero-order valence-electron chi connectivity index (χ0n) is 11.5. The number of hydrogen-bond acceptors (Lipinski definition) is 5. The maximum atomic E-state index is 11.2. The van der Waals surface area contributed by atoms with Crippen molar-refractivity contribution in [3.05, 3.63) is 10.6 Å². The molecule has 1 aliphatic heterocycles. The third-order valence-corrected chi connectivity index (χ3v) is 4.75. The van der Waals surface area contributed by atoms with Gasteiger partial charge in [0.05, 0.1) is 12.3 Å². The van der Waals surface area contributed by atoms with Crippen LogP contribution in [0.25, 0.3) is 0 Å². The fourth-order valence-corrected chi connectivity index (χ4v) is 3.32. The van der Waals surface area contributed by atoms with Crippen LogP contribution < -0.4 is 4.90 Å². The van der Waals surface area contributed by atoms with Gasteiger partial charge in [-0.2, -0.15) is 0 Å². The van der Waals surface area contributed by atoms with Gasteiger partial charge in [0.25, 0.3) is 0 Å². The predicted molar refractivity (Wildman–Crippen MR) is 74.9 cm³/mol. The van der Waals surface area contributed by atoms with Gasteiger partial charge in [0.2, 0.25) is 0 Å². The van der Waals surface area contributed by atoms with Crippen LogP contribution in [0, 0.1) is 11.8 Å². The molecular weight excluding hydrogens is 264 g/mol. The lowest BCUT2D eigenvalue weighted by atomic mass is 9.95. The van der Waals surface area contributed by atoms with Gasteiger partial charge in [-0.3, -0.25) is 0 Å². The average molecular weight is 284 g/mol. The molecule has 2 rings (SSSR count). The Kier molecular flexibility index (Phi) is 4.42. The molecule has 0 aliphatic carbocycles. The lowest BCUT2D eigenvalue weighted by molar-refractivity contribution is 0.0697. The molecule has 0 amide bonds. The summed E-state index contributed by atoms with van der Waals surface area (Å²) in [6, 6.07) is 0. The fourth-order valence-electron chi connectivity index (χ4n) is 2.38. The number of methoxy groups -OCH3 is 1. The number of hydrogen-bond donors (Lipinski definition) is 1. The molecule has 1 aliphatic rings. The normalized spacial score (nSPS) is 19.4. The molecule has 0 bridgehead atoms. The summed E-state index contributed by atoms with van der Waals surface area (Å²) < 4.78 is 5.02. The first-order valence-electron chi connectivity index (χ1n) is 6.49. The number of nitrogens with zero attached hydrogens (tertiary/aromatic N) is 2. The van der Waals surface area contributed by atoms with Gasteiger partial charge in [0.1, 0.15) is 4.88 Å². The van der Waals surface area contributed by atoms with E-state index < -0.39 is 5.97 Å². The lowest BCUT2D eigenvalue weighted by Gasteiger charge is -2.16. The summed E-state index contributed by atoms with van der Waals surface area (Å²) >= 11 is 1.25. The Balaban J connectivity index is 2.17. The third kappa shape index (κ3) is 3.06. The summed E-state index contributed by atoms with van der Waals surface area (Å²) in [5, 5.41) is 10.00. The second-order valence-electron chi connectivity index (χ2n) is 5.25. The summed E-state index contributed by atoms with van der Waals surface area (Å²) in [4.78, 5) is 18.1. The Bertz CT molecular complexity index is 459. The monoisotopic (exact) mass is 284 g/mol. The topological polar surface area (TPSA) is 62.7 Å². The fraction of sp³-hybridized carbons (Fsp3) is 0.692. The molecule has 0 saturated carbocycles. The van der Waals surface area contributed by atoms with E-state index in [1.807, 2.05) is 0 Å². The SMILES string of the molecule is COCc1nc(N2CCC(C(C)C)C2)sc1C(=O)O.